The normalized spacial score (nSPS) is 12.9. The summed E-state index contributed by atoms with van der Waals surface area (Å²) in [6.45, 7) is 3.64. The van der Waals surface area contributed by atoms with Crippen molar-refractivity contribution in [2.24, 2.45) is 0 Å². The smallest absolute Gasteiger partial charge is 0.305 e. The van der Waals surface area contributed by atoms with Gasteiger partial charge in [0.05, 0.1) is 6.61 Å². The number of carbonyl (C=O) groups is 2. The van der Waals surface area contributed by atoms with Crippen molar-refractivity contribution < 1.29 is 22.7 Å². The predicted molar refractivity (Wildman–Crippen MR) is 63.2 cm³/mol. The molecule has 0 saturated carbocycles. The maximum Gasteiger partial charge on any atom is 0.305 e. The van der Waals surface area contributed by atoms with Gasteiger partial charge in [-0.3, -0.25) is 9.59 Å². The van der Waals surface area contributed by atoms with E-state index in [0.29, 0.717) is 13.0 Å². The molecule has 0 heterocycles. The zero-order valence-electron chi connectivity index (χ0n) is 10.4. The van der Waals surface area contributed by atoms with E-state index in [4.69, 9.17) is 4.74 Å². The number of carbonyl (C=O) groups excluding carboxylic acids is 2. The molecule has 0 aromatic heterocycles. The number of esters is 1. The Morgan fingerprint density at radius 2 is 1.94 bits per heavy atom. The first-order valence-electron chi connectivity index (χ1n) is 5.41. The van der Waals surface area contributed by atoms with Crippen molar-refractivity contribution in [3.8, 4) is 0 Å². The number of ether oxygens (including phenoxy) is 1. The molecule has 0 bridgehead atoms. The molecule has 1 amide bonds. The summed E-state index contributed by atoms with van der Waals surface area (Å²) in [6, 6.07) is 0. The second-order valence-corrected chi connectivity index (χ2v) is 6.04. The molecule has 6 nitrogen and oxygen atoms in total. The topological polar surface area (TPSA) is 89.5 Å². The van der Waals surface area contributed by atoms with Crippen molar-refractivity contribution in [3.63, 3.8) is 0 Å². The first-order chi connectivity index (χ1) is 7.79. The monoisotopic (exact) mass is 265 g/mol. The highest BCUT2D eigenvalue weighted by Gasteiger charge is 2.22. The van der Waals surface area contributed by atoms with Crippen molar-refractivity contribution in [2.45, 2.75) is 31.9 Å². The minimum atomic E-state index is -3.37. The van der Waals surface area contributed by atoms with Crippen LogP contribution in [0.3, 0.4) is 0 Å². The van der Waals surface area contributed by atoms with Gasteiger partial charge in [0, 0.05) is 19.2 Å². The number of amides is 1. The van der Waals surface area contributed by atoms with Crippen molar-refractivity contribution in [3.05, 3.63) is 0 Å². The van der Waals surface area contributed by atoms with Gasteiger partial charge in [0.25, 0.3) is 0 Å². The molecule has 1 atom stereocenters. The standard InChI is InChI=1S/C10H19NO5S/c1-4-16-9(12)6-5-7-11-10(13)8(2)17(3,14)15/h8H,4-7H2,1-3H3,(H,11,13). The van der Waals surface area contributed by atoms with E-state index < -0.39 is 21.0 Å². The van der Waals surface area contributed by atoms with E-state index in [1.54, 1.807) is 6.92 Å². The molecular weight excluding hydrogens is 246 g/mol. The Bertz CT molecular complexity index is 363. The highest BCUT2D eigenvalue weighted by Crippen LogP contribution is 1.98. The summed E-state index contributed by atoms with van der Waals surface area (Å²) >= 11 is 0. The van der Waals surface area contributed by atoms with Gasteiger partial charge in [0.15, 0.2) is 9.84 Å². The highest BCUT2D eigenvalue weighted by atomic mass is 32.2. The fraction of sp³-hybridized carbons (Fsp3) is 0.800. The molecule has 1 unspecified atom stereocenters. The summed E-state index contributed by atoms with van der Waals surface area (Å²) in [5, 5.41) is 1.40. The second-order valence-electron chi connectivity index (χ2n) is 3.67. The number of rotatable bonds is 7. The summed E-state index contributed by atoms with van der Waals surface area (Å²) in [5.41, 5.74) is 0. The Morgan fingerprint density at radius 1 is 1.35 bits per heavy atom. The minimum Gasteiger partial charge on any atom is -0.466 e. The lowest BCUT2D eigenvalue weighted by Gasteiger charge is -2.09. The lowest BCUT2D eigenvalue weighted by Crippen LogP contribution is -2.37. The maximum absolute atomic E-state index is 11.4. The van der Waals surface area contributed by atoms with E-state index in [1.807, 2.05) is 0 Å². The van der Waals surface area contributed by atoms with Crippen LogP contribution >= 0.6 is 0 Å². The Kier molecular flexibility index (Phi) is 6.79. The van der Waals surface area contributed by atoms with Crippen LogP contribution in [0.25, 0.3) is 0 Å². The fourth-order valence-electron chi connectivity index (χ4n) is 1.02. The predicted octanol–water partition coefficient (Wildman–Crippen LogP) is -0.121. The summed E-state index contributed by atoms with van der Waals surface area (Å²) in [4.78, 5) is 22.3. The van der Waals surface area contributed by atoms with E-state index >= 15 is 0 Å². The van der Waals surface area contributed by atoms with Crippen molar-refractivity contribution in [1.29, 1.82) is 0 Å². The average Bonchev–Trinajstić information content (AvgIpc) is 2.22. The molecule has 0 fully saturated rings. The van der Waals surface area contributed by atoms with Crippen molar-refractivity contribution in [1.82, 2.24) is 5.32 Å². The van der Waals surface area contributed by atoms with Crippen LogP contribution in [-0.2, 0) is 24.2 Å². The third-order valence-electron chi connectivity index (χ3n) is 2.17. The van der Waals surface area contributed by atoms with Crippen LogP contribution in [0.2, 0.25) is 0 Å². The summed E-state index contributed by atoms with van der Waals surface area (Å²) in [6.07, 6.45) is 1.65. The molecule has 0 spiro atoms. The molecule has 0 radical (unpaired) electrons. The molecule has 0 rings (SSSR count). The summed E-state index contributed by atoms with van der Waals surface area (Å²) < 4.78 is 26.8. The third-order valence-corrected chi connectivity index (χ3v) is 3.67. The van der Waals surface area contributed by atoms with Crippen molar-refractivity contribution >= 4 is 21.7 Å². The molecule has 0 aliphatic heterocycles. The molecule has 0 aliphatic rings. The number of nitrogens with one attached hydrogen (secondary N) is 1. The highest BCUT2D eigenvalue weighted by molar-refractivity contribution is 7.92. The molecule has 0 aromatic carbocycles. The Labute approximate surface area is 102 Å². The zero-order chi connectivity index (χ0) is 13.5. The Balaban J connectivity index is 3.84. The second kappa shape index (κ2) is 7.26. The number of hydrogen-bond donors (Lipinski definition) is 1. The van der Waals surface area contributed by atoms with Gasteiger partial charge in [-0.25, -0.2) is 8.42 Å². The molecule has 1 N–H and O–H groups in total. The van der Waals surface area contributed by atoms with Gasteiger partial charge < -0.3 is 10.1 Å². The molecule has 0 aromatic rings. The first kappa shape index (κ1) is 15.9. The van der Waals surface area contributed by atoms with Crippen LogP contribution in [0.5, 0.6) is 0 Å². The largest absolute Gasteiger partial charge is 0.466 e. The van der Waals surface area contributed by atoms with Crippen molar-refractivity contribution in [2.75, 3.05) is 19.4 Å². The van der Waals surface area contributed by atoms with Gasteiger partial charge in [-0.05, 0) is 20.3 Å². The van der Waals surface area contributed by atoms with Crippen LogP contribution in [-0.4, -0.2) is 45.0 Å². The lowest BCUT2D eigenvalue weighted by atomic mass is 10.3. The van der Waals surface area contributed by atoms with Crippen LogP contribution in [0.15, 0.2) is 0 Å². The van der Waals surface area contributed by atoms with E-state index in [-0.39, 0.29) is 18.9 Å². The molecular formula is C10H19NO5S. The number of hydrogen-bond acceptors (Lipinski definition) is 5. The van der Waals surface area contributed by atoms with Gasteiger partial charge in [-0.2, -0.15) is 0 Å². The van der Waals surface area contributed by atoms with Crippen LogP contribution in [0.1, 0.15) is 26.7 Å². The molecule has 0 aliphatic carbocycles. The lowest BCUT2D eigenvalue weighted by molar-refractivity contribution is -0.143. The Morgan fingerprint density at radius 3 is 2.41 bits per heavy atom. The minimum absolute atomic E-state index is 0.210. The van der Waals surface area contributed by atoms with Gasteiger partial charge in [0.1, 0.15) is 5.25 Å². The van der Waals surface area contributed by atoms with E-state index in [1.165, 1.54) is 6.92 Å². The zero-order valence-corrected chi connectivity index (χ0v) is 11.2. The van der Waals surface area contributed by atoms with Gasteiger partial charge in [-0.1, -0.05) is 0 Å². The number of sulfone groups is 1. The SMILES string of the molecule is CCOC(=O)CCCNC(=O)C(C)S(C)(=O)=O. The third kappa shape index (κ3) is 6.93. The van der Waals surface area contributed by atoms with Crippen LogP contribution in [0, 0.1) is 0 Å². The summed E-state index contributed by atoms with van der Waals surface area (Å²) in [5.74, 6) is -0.866. The van der Waals surface area contributed by atoms with E-state index in [2.05, 4.69) is 5.32 Å². The molecule has 100 valence electrons. The van der Waals surface area contributed by atoms with Gasteiger partial charge in [0.2, 0.25) is 5.91 Å². The summed E-state index contributed by atoms with van der Waals surface area (Å²) in [7, 11) is -3.37. The van der Waals surface area contributed by atoms with Gasteiger partial charge in [-0.15, -0.1) is 0 Å². The van der Waals surface area contributed by atoms with Crippen LogP contribution in [0.4, 0.5) is 0 Å². The quantitative estimate of drug-likeness (QED) is 0.512. The van der Waals surface area contributed by atoms with Gasteiger partial charge >= 0.3 is 5.97 Å². The molecule has 7 heteroatoms. The van der Waals surface area contributed by atoms with Crippen LogP contribution < -0.4 is 5.32 Å². The average molecular weight is 265 g/mol. The van der Waals surface area contributed by atoms with E-state index in [0.717, 1.165) is 6.26 Å². The fourth-order valence-corrected chi connectivity index (χ4v) is 1.49. The molecule has 0 saturated heterocycles. The first-order valence-corrected chi connectivity index (χ1v) is 7.36. The Hall–Kier alpha value is -1.11. The maximum atomic E-state index is 11.4. The molecule has 17 heavy (non-hydrogen) atoms. The van der Waals surface area contributed by atoms with E-state index in [9.17, 15) is 18.0 Å².